The Morgan fingerprint density at radius 1 is 0.800 bits per heavy atom. The van der Waals surface area contributed by atoms with E-state index in [-0.39, 0.29) is 12.4 Å². The maximum absolute atomic E-state index is 4.76. The SMILES string of the molecule is Cc1ccccc1C1=C(/C=N/c2ccccc2)CCC/C1=C\Nc1ccccc1.Cl. The average molecular weight is 415 g/mol. The first-order chi connectivity index (χ1) is 14.3. The van der Waals surface area contributed by atoms with E-state index in [1.807, 2.05) is 36.4 Å². The Hall–Kier alpha value is -3.10. The second kappa shape index (κ2) is 10.6. The molecule has 1 aliphatic rings. The van der Waals surface area contributed by atoms with E-state index in [2.05, 4.69) is 73.2 Å². The van der Waals surface area contributed by atoms with Gasteiger partial charge in [0.25, 0.3) is 0 Å². The molecule has 2 nitrogen and oxygen atoms in total. The minimum atomic E-state index is 0. The smallest absolute Gasteiger partial charge is 0.0629 e. The summed E-state index contributed by atoms with van der Waals surface area (Å²) in [4.78, 5) is 4.76. The van der Waals surface area contributed by atoms with E-state index >= 15 is 0 Å². The molecule has 4 rings (SSSR count). The van der Waals surface area contributed by atoms with Crippen molar-refractivity contribution in [1.29, 1.82) is 0 Å². The maximum atomic E-state index is 4.76. The molecule has 3 heteroatoms. The van der Waals surface area contributed by atoms with Gasteiger partial charge in [0.2, 0.25) is 0 Å². The highest BCUT2D eigenvalue weighted by atomic mass is 35.5. The van der Waals surface area contributed by atoms with E-state index in [1.54, 1.807) is 0 Å². The summed E-state index contributed by atoms with van der Waals surface area (Å²) in [5, 5.41) is 3.49. The fourth-order valence-corrected chi connectivity index (χ4v) is 3.77. The molecule has 1 aliphatic carbocycles. The van der Waals surface area contributed by atoms with Gasteiger partial charge in [0.15, 0.2) is 0 Å². The monoisotopic (exact) mass is 414 g/mol. The molecule has 0 saturated carbocycles. The molecule has 0 atom stereocenters. The predicted octanol–water partition coefficient (Wildman–Crippen LogP) is 7.75. The molecule has 0 aliphatic heterocycles. The number of aliphatic imine (C=N–C) groups is 1. The Kier molecular flexibility index (Phi) is 7.64. The summed E-state index contributed by atoms with van der Waals surface area (Å²) >= 11 is 0. The van der Waals surface area contributed by atoms with Gasteiger partial charge in [0.1, 0.15) is 0 Å². The summed E-state index contributed by atoms with van der Waals surface area (Å²) in [7, 11) is 0. The molecule has 0 fully saturated rings. The molecule has 0 aromatic heterocycles. The zero-order valence-corrected chi connectivity index (χ0v) is 18.0. The van der Waals surface area contributed by atoms with Crippen molar-refractivity contribution in [2.24, 2.45) is 4.99 Å². The third-order valence-electron chi connectivity index (χ3n) is 5.26. The number of aryl methyl sites for hydroxylation is 1. The van der Waals surface area contributed by atoms with Gasteiger partial charge in [-0.3, -0.25) is 4.99 Å². The minimum Gasteiger partial charge on any atom is -0.361 e. The summed E-state index contributed by atoms with van der Waals surface area (Å²) in [5.41, 5.74) is 8.64. The van der Waals surface area contributed by atoms with Crippen molar-refractivity contribution in [2.45, 2.75) is 26.2 Å². The lowest BCUT2D eigenvalue weighted by molar-refractivity contribution is 0.813. The van der Waals surface area contributed by atoms with Crippen LogP contribution in [-0.2, 0) is 0 Å². The topological polar surface area (TPSA) is 24.4 Å². The molecule has 30 heavy (non-hydrogen) atoms. The first-order valence-electron chi connectivity index (χ1n) is 10.2. The number of nitrogens with one attached hydrogen (secondary N) is 1. The Balaban J connectivity index is 0.00000256. The Morgan fingerprint density at radius 2 is 1.47 bits per heavy atom. The van der Waals surface area contributed by atoms with Crippen LogP contribution in [0.1, 0.15) is 30.4 Å². The number of hydrogen-bond acceptors (Lipinski definition) is 2. The van der Waals surface area contributed by atoms with Crippen LogP contribution in [0.2, 0.25) is 0 Å². The van der Waals surface area contributed by atoms with Gasteiger partial charge in [0, 0.05) is 18.1 Å². The summed E-state index contributed by atoms with van der Waals surface area (Å²) in [6, 6.07) is 29.1. The molecule has 3 aromatic rings. The summed E-state index contributed by atoms with van der Waals surface area (Å²) < 4.78 is 0. The van der Waals surface area contributed by atoms with Gasteiger partial charge in [-0.25, -0.2) is 0 Å². The average Bonchev–Trinajstić information content (AvgIpc) is 2.78. The molecule has 0 bridgehead atoms. The molecule has 152 valence electrons. The van der Waals surface area contributed by atoms with Gasteiger partial charge in [-0.05, 0) is 78.3 Å². The van der Waals surface area contributed by atoms with Crippen LogP contribution < -0.4 is 5.32 Å². The molecule has 0 radical (unpaired) electrons. The molecular formula is C27H27ClN2. The van der Waals surface area contributed by atoms with Gasteiger partial charge in [-0.1, -0.05) is 60.7 Å². The van der Waals surface area contributed by atoms with Crippen molar-refractivity contribution in [3.8, 4) is 0 Å². The minimum absolute atomic E-state index is 0. The maximum Gasteiger partial charge on any atom is 0.0629 e. The number of rotatable bonds is 5. The number of hydrogen-bond donors (Lipinski definition) is 1. The Morgan fingerprint density at radius 3 is 2.20 bits per heavy atom. The van der Waals surface area contributed by atoms with Crippen LogP contribution >= 0.6 is 12.4 Å². The first kappa shape index (κ1) is 21.6. The van der Waals surface area contributed by atoms with E-state index in [0.717, 1.165) is 30.6 Å². The Bertz CT molecular complexity index is 1050. The number of allylic oxidation sites excluding steroid dienone is 3. The lowest BCUT2D eigenvalue weighted by atomic mass is 9.82. The zero-order valence-electron chi connectivity index (χ0n) is 17.2. The van der Waals surface area contributed by atoms with Crippen LogP contribution in [0.4, 0.5) is 11.4 Å². The fraction of sp³-hybridized carbons (Fsp3) is 0.148. The molecule has 0 spiro atoms. The van der Waals surface area contributed by atoms with E-state index in [1.165, 1.54) is 27.8 Å². The van der Waals surface area contributed by atoms with E-state index < -0.39 is 0 Å². The first-order valence-corrected chi connectivity index (χ1v) is 10.2. The number of benzene rings is 3. The summed E-state index contributed by atoms with van der Waals surface area (Å²) in [6.07, 6.45) is 7.47. The number of halogens is 1. The van der Waals surface area contributed by atoms with Gasteiger partial charge in [-0.15, -0.1) is 12.4 Å². The van der Waals surface area contributed by atoms with Crippen molar-refractivity contribution in [1.82, 2.24) is 0 Å². The van der Waals surface area contributed by atoms with Crippen molar-refractivity contribution < 1.29 is 0 Å². The van der Waals surface area contributed by atoms with Crippen LogP contribution in [0.3, 0.4) is 0 Å². The van der Waals surface area contributed by atoms with Crippen molar-refractivity contribution in [3.63, 3.8) is 0 Å². The van der Waals surface area contributed by atoms with Gasteiger partial charge >= 0.3 is 0 Å². The summed E-state index contributed by atoms with van der Waals surface area (Å²) in [6.45, 7) is 2.19. The zero-order chi connectivity index (χ0) is 19.9. The summed E-state index contributed by atoms with van der Waals surface area (Å²) in [5.74, 6) is 0. The van der Waals surface area contributed by atoms with Crippen LogP contribution in [0.25, 0.3) is 5.57 Å². The Labute approximate surface area is 185 Å². The van der Waals surface area contributed by atoms with Crippen LogP contribution in [0.15, 0.2) is 107 Å². The van der Waals surface area contributed by atoms with Gasteiger partial charge < -0.3 is 5.32 Å². The molecule has 1 N–H and O–H groups in total. The second-order valence-corrected chi connectivity index (χ2v) is 7.34. The number of para-hydroxylation sites is 2. The predicted molar refractivity (Wildman–Crippen MR) is 132 cm³/mol. The van der Waals surface area contributed by atoms with Crippen LogP contribution in [0, 0.1) is 6.92 Å². The standard InChI is InChI=1S/C27H26N2.ClH/c1-21-11-8-9-18-26(21)27-22(19-28-24-14-4-2-5-15-24)12-10-13-23(27)20-29-25-16-6-3-7-17-25;/h2-9,11,14-20,28H,10,12-13H2,1H3;1H/b22-19+,29-20+;. The molecule has 0 amide bonds. The van der Waals surface area contributed by atoms with E-state index in [0.29, 0.717) is 0 Å². The number of anilines is 1. The highest BCUT2D eigenvalue weighted by Crippen LogP contribution is 2.37. The lowest BCUT2D eigenvalue weighted by Crippen LogP contribution is -2.07. The molecule has 0 heterocycles. The van der Waals surface area contributed by atoms with E-state index in [4.69, 9.17) is 4.99 Å². The highest BCUT2D eigenvalue weighted by Gasteiger charge is 2.19. The van der Waals surface area contributed by atoms with E-state index in [9.17, 15) is 0 Å². The van der Waals surface area contributed by atoms with Crippen molar-refractivity contribution in [2.75, 3.05) is 5.32 Å². The van der Waals surface area contributed by atoms with Gasteiger partial charge in [0.05, 0.1) is 5.69 Å². The highest BCUT2D eigenvalue weighted by molar-refractivity contribution is 5.98. The molecule has 0 unspecified atom stereocenters. The molecular weight excluding hydrogens is 388 g/mol. The third-order valence-corrected chi connectivity index (χ3v) is 5.26. The van der Waals surface area contributed by atoms with Crippen LogP contribution in [0.5, 0.6) is 0 Å². The van der Waals surface area contributed by atoms with Crippen molar-refractivity contribution >= 4 is 35.6 Å². The largest absolute Gasteiger partial charge is 0.361 e. The lowest BCUT2D eigenvalue weighted by Gasteiger charge is -2.23. The normalized spacial score (nSPS) is 15.3. The third kappa shape index (κ3) is 5.28. The van der Waals surface area contributed by atoms with Gasteiger partial charge in [-0.2, -0.15) is 0 Å². The second-order valence-electron chi connectivity index (χ2n) is 7.34. The molecule has 0 saturated heterocycles. The molecule has 3 aromatic carbocycles. The van der Waals surface area contributed by atoms with Crippen molar-refractivity contribution in [3.05, 3.63) is 113 Å². The number of nitrogens with zero attached hydrogens (tertiary/aromatic N) is 1. The van der Waals surface area contributed by atoms with Crippen LogP contribution in [-0.4, -0.2) is 6.21 Å². The quantitative estimate of drug-likeness (QED) is 0.424. The fourth-order valence-electron chi connectivity index (χ4n) is 3.77.